The first-order valence-electron chi connectivity index (χ1n) is 7.89. The van der Waals surface area contributed by atoms with Gasteiger partial charge in [-0.05, 0) is 61.7 Å². The van der Waals surface area contributed by atoms with E-state index in [1.807, 2.05) is 0 Å². The van der Waals surface area contributed by atoms with Crippen molar-refractivity contribution in [2.75, 3.05) is 0 Å². The molecule has 0 radical (unpaired) electrons. The zero-order valence-electron chi connectivity index (χ0n) is 12.6. The van der Waals surface area contributed by atoms with Crippen LogP contribution in [-0.4, -0.2) is 22.3 Å². The molecule has 0 heterocycles. The standard InChI is InChI=1S/C17H23NO3/c1-9-4-3-5-17-7-11(10(2)14(17)6-13(9)17)15(19)12(8-18)16(20)21/h4,10-15,19H,3,5-7H2,1-2H3,(H,20,21)/t10?,11?,12?,13?,14?,15?,17-/m1/s1. The third kappa shape index (κ3) is 1.87. The van der Waals surface area contributed by atoms with Crippen LogP contribution in [0.15, 0.2) is 11.6 Å². The number of aliphatic hydroxyl groups excluding tert-OH is 1. The van der Waals surface area contributed by atoms with E-state index in [1.54, 1.807) is 6.07 Å². The maximum atomic E-state index is 11.2. The summed E-state index contributed by atoms with van der Waals surface area (Å²) in [6.45, 7) is 4.33. The number of aliphatic hydroxyl groups is 1. The Kier molecular flexibility index (Phi) is 3.37. The van der Waals surface area contributed by atoms with Crippen molar-refractivity contribution in [2.24, 2.45) is 35.0 Å². The van der Waals surface area contributed by atoms with Gasteiger partial charge >= 0.3 is 5.97 Å². The lowest BCUT2D eigenvalue weighted by Crippen LogP contribution is -2.49. The van der Waals surface area contributed by atoms with Crippen molar-refractivity contribution in [3.05, 3.63) is 11.6 Å². The number of allylic oxidation sites excluding steroid dienone is 2. The minimum atomic E-state index is -1.30. The van der Waals surface area contributed by atoms with Gasteiger partial charge in [0.25, 0.3) is 0 Å². The van der Waals surface area contributed by atoms with E-state index in [1.165, 1.54) is 5.57 Å². The predicted molar refractivity (Wildman–Crippen MR) is 77.0 cm³/mol. The summed E-state index contributed by atoms with van der Waals surface area (Å²) in [4.78, 5) is 11.2. The molecule has 0 aromatic heterocycles. The Hall–Kier alpha value is -1.34. The van der Waals surface area contributed by atoms with E-state index in [4.69, 9.17) is 10.4 Å². The molecule has 21 heavy (non-hydrogen) atoms. The van der Waals surface area contributed by atoms with Crippen LogP contribution in [0.2, 0.25) is 0 Å². The summed E-state index contributed by atoms with van der Waals surface area (Å²) >= 11 is 0. The van der Waals surface area contributed by atoms with Crippen molar-refractivity contribution < 1.29 is 15.0 Å². The maximum absolute atomic E-state index is 11.2. The van der Waals surface area contributed by atoms with Crippen LogP contribution in [0.5, 0.6) is 0 Å². The normalized spacial score (nSPS) is 43.6. The van der Waals surface area contributed by atoms with Crippen molar-refractivity contribution in [3.8, 4) is 6.07 Å². The SMILES string of the molecule is CC1=CCC[C@]23CC(C(O)C(C#N)C(=O)O)C(C)C2CC13. The second-order valence-corrected chi connectivity index (χ2v) is 7.28. The third-order valence-corrected chi connectivity index (χ3v) is 6.66. The smallest absolute Gasteiger partial charge is 0.323 e. The lowest BCUT2D eigenvalue weighted by Gasteiger charge is -2.57. The van der Waals surface area contributed by atoms with Crippen molar-refractivity contribution in [1.82, 2.24) is 0 Å². The van der Waals surface area contributed by atoms with Crippen LogP contribution < -0.4 is 0 Å². The van der Waals surface area contributed by atoms with E-state index >= 15 is 0 Å². The molecule has 0 saturated heterocycles. The lowest BCUT2D eigenvalue weighted by molar-refractivity contribution is -0.144. The molecule has 2 saturated carbocycles. The number of carbonyl (C=O) groups is 1. The molecule has 3 aliphatic carbocycles. The van der Waals surface area contributed by atoms with Crippen LogP contribution in [0.4, 0.5) is 0 Å². The molecule has 2 fully saturated rings. The summed E-state index contributed by atoms with van der Waals surface area (Å²) in [5, 5.41) is 28.6. The van der Waals surface area contributed by atoms with Gasteiger partial charge in [0, 0.05) is 0 Å². The molecular weight excluding hydrogens is 266 g/mol. The molecule has 4 heteroatoms. The molecule has 6 unspecified atom stereocenters. The van der Waals surface area contributed by atoms with Crippen LogP contribution >= 0.6 is 0 Å². The highest BCUT2D eigenvalue weighted by Crippen LogP contribution is 2.70. The molecule has 7 atom stereocenters. The minimum Gasteiger partial charge on any atom is -0.480 e. The Labute approximate surface area is 125 Å². The summed E-state index contributed by atoms with van der Waals surface area (Å²) in [5.74, 6) is -1.07. The zero-order valence-corrected chi connectivity index (χ0v) is 12.6. The average Bonchev–Trinajstić information content (AvgIpc) is 2.58. The van der Waals surface area contributed by atoms with Gasteiger partial charge in [-0.3, -0.25) is 4.79 Å². The lowest BCUT2D eigenvalue weighted by atomic mass is 9.48. The molecule has 3 aliphatic rings. The first-order chi connectivity index (χ1) is 9.92. The quantitative estimate of drug-likeness (QED) is 0.782. The summed E-state index contributed by atoms with van der Waals surface area (Å²) < 4.78 is 0. The number of hydrogen-bond donors (Lipinski definition) is 2. The summed E-state index contributed by atoms with van der Waals surface area (Å²) in [6, 6.07) is 1.77. The number of carboxylic acids is 1. The van der Waals surface area contributed by atoms with E-state index in [0.29, 0.717) is 17.8 Å². The topological polar surface area (TPSA) is 81.3 Å². The molecule has 4 nitrogen and oxygen atoms in total. The number of aliphatic carboxylic acids is 1. The van der Waals surface area contributed by atoms with Crippen LogP contribution in [-0.2, 0) is 4.79 Å². The zero-order chi connectivity index (χ0) is 15.4. The van der Waals surface area contributed by atoms with Gasteiger partial charge in [-0.2, -0.15) is 5.26 Å². The van der Waals surface area contributed by atoms with E-state index in [-0.39, 0.29) is 11.3 Å². The summed E-state index contributed by atoms with van der Waals surface area (Å²) in [6.07, 6.45) is 5.56. The number of carboxylic acid groups (broad SMARTS) is 1. The van der Waals surface area contributed by atoms with Crippen LogP contribution in [0.1, 0.15) is 39.5 Å². The molecule has 0 aliphatic heterocycles. The fourth-order valence-electron chi connectivity index (χ4n) is 5.54. The first kappa shape index (κ1) is 14.6. The van der Waals surface area contributed by atoms with Crippen LogP contribution in [0, 0.1) is 46.3 Å². The molecule has 3 rings (SSSR count). The van der Waals surface area contributed by atoms with Gasteiger partial charge in [0.05, 0.1) is 12.2 Å². The van der Waals surface area contributed by atoms with E-state index in [2.05, 4.69) is 19.9 Å². The van der Waals surface area contributed by atoms with Crippen molar-refractivity contribution in [2.45, 2.75) is 45.6 Å². The highest BCUT2D eigenvalue weighted by atomic mass is 16.4. The maximum Gasteiger partial charge on any atom is 0.323 e. The summed E-state index contributed by atoms with van der Waals surface area (Å²) in [5.41, 5.74) is 1.73. The van der Waals surface area contributed by atoms with E-state index < -0.39 is 18.0 Å². The largest absolute Gasteiger partial charge is 0.480 e. The Bertz CT molecular complexity index is 535. The van der Waals surface area contributed by atoms with Crippen molar-refractivity contribution in [3.63, 3.8) is 0 Å². The molecule has 0 amide bonds. The molecule has 0 aromatic rings. The first-order valence-corrected chi connectivity index (χ1v) is 7.89. The molecule has 0 aromatic carbocycles. The van der Waals surface area contributed by atoms with Gasteiger partial charge in [-0.1, -0.05) is 18.6 Å². The van der Waals surface area contributed by atoms with Crippen molar-refractivity contribution >= 4 is 5.97 Å². The minimum absolute atomic E-state index is 0.0633. The van der Waals surface area contributed by atoms with Gasteiger partial charge < -0.3 is 10.2 Å². The Balaban J connectivity index is 1.83. The van der Waals surface area contributed by atoms with Gasteiger partial charge in [0.15, 0.2) is 5.92 Å². The Morgan fingerprint density at radius 3 is 2.90 bits per heavy atom. The van der Waals surface area contributed by atoms with Gasteiger partial charge in [-0.25, -0.2) is 0 Å². The Morgan fingerprint density at radius 1 is 1.57 bits per heavy atom. The molecule has 114 valence electrons. The number of rotatable bonds is 3. The highest BCUT2D eigenvalue weighted by molar-refractivity contribution is 5.73. The molecule has 1 spiro atoms. The Morgan fingerprint density at radius 2 is 2.29 bits per heavy atom. The van der Waals surface area contributed by atoms with Gasteiger partial charge in [-0.15, -0.1) is 0 Å². The fourth-order valence-corrected chi connectivity index (χ4v) is 5.54. The number of nitriles is 1. The fraction of sp³-hybridized carbons (Fsp3) is 0.765. The molecule has 2 N–H and O–H groups in total. The molecule has 0 bridgehead atoms. The predicted octanol–water partition coefficient (Wildman–Crippen LogP) is 2.59. The van der Waals surface area contributed by atoms with Crippen LogP contribution in [0.3, 0.4) is 0 Å². The second kappa shape index (κ2) is 4.84. The summed E-state index contributed by atoms with van der Waals surface area (Å²) in [7, 11) is 0. The van der Waals surface area contributed by atoms with E-state index in [0.717, 1.165) is 25.7 Å². The number of hydrogen-bond acceptors (Lipinski definition) is 3. The highest BCUT2D eigenvalue weighted by Gasteiger charge is 2.64. The van der Waals surface area contributed by atoms with Crippen LogP contribution in [0.25, 0.3) is 0 Å². The van der Waals surface area contributed by atoms with Gasteiger partial charge in [0.2, 0.25) is 0 Å². The van der Waals surface area contributed by atoms with E-state index in [9.17, 15) is 9.90 Å². The van der Waals surface area contributed by atoms with Gasteiger partial charge in [0.1, 0.15) is 0 Å². The van der Waals surface area contributed by atoms with Crippen molar-refractivity contribution in [1.29, 1.82) is 5.26 Å². The number of nitrogens with zero attached hydrogens (tertiary/aromatic N) is 1. The monoisotopic (exact) mass is 289 g/mol. The second-order valence-electron chi connectivity index (χ2n) is 7.28. The molecular formula is C17H23NO3. The third-order valence-electron chi connectivity index (χ3n) is 6.66. The average molecular weight is 289 g/mol.